The van der Waals surface area contributed by atoms with Crippen molar-refractivity contribution in [1.29, 1.82) is 0 Å². The maximum atomic E-state index is 12.9. The molecule has 0 unspecified atom stereocenters. The van der Waals surface area contributed by atoms with Gasteiger partial charge in [0.1, 0.15) is 5.75 Å². The number of hydrogen-bond donors (Lipinski definition) is 0. The standard InChI is InChI=1S/C21H21NO6/c23-14-17-8-4-5-9-18(17)27-15-19(24)28-20(16-6-2-1-3-7-16)21(25)22-10-12-26-13-11-22/h1-9,14,20H,10-13,15H2/t20-/m1/s1. The molecule has 7 nitrogen and oxygen atoms in total. The van der Waals surface area contributed by atoms with Crippen molar-refractivity contribution in [1.82, 2.24) is 4.90 Å². The number of carbonyl (C=O) groups excluding carboxylic acids is 3. The minimum Gasteiger partial charge on any atom is -0.481 e. The second-order valence-corrected chi connectivity index (χ2v) is 6.16. The van der Waals surface area contributed by atoms with Crippen LogP contribution in [0.3, 0.4) is 0 Å². The van der Waals surface area contributed by atoms with Gasteiger partial charge in [-0.2, -0.15) is 0 Å². The largest absolute Gasteiger partial charge is 0.481 e. The average molecular weight is 383 g/mol. The van der Waals surface area contributed by atoms with E-state index < -0.39 is 18.7 Å². The van der Waals surface area contributed by atoms with Crippen molar-refractivity contribution in [2.24, 2.45) is 0 Å². The molecule has 0 aliphatic carbocycles. The van der Waals surface area contributed by atoms with Gasteiger partial charge in [-0.15, -0.1) is 0 Å². The first-order chi connectivity index (χ1) is 13.7. The summed E-state index contributed by atoms with van der Waals surface area (Å²) in [6.07, 6.45) is -0.410. The number of amides is 1. The van der Waals surface area contributed by atoms with E-state index in [1.54, 1.807) is 53.4 Å². The van der Waals surface area contributed by atoms with Crippen LogP contribution in [0.4, 0.5) is 0 Å². The van der Waals surface area contributed by atoms with Crippen LogP contribution >= 0.6 is 0 Å². The molecule has 7 heteroatoms. The third-order valence-electron chi connectivity index (χ3n) is 4.29. The van der Waals surface area contributed by atoms with Crippen LogP contribution in [0.25, 0.3) is 0 Å². The molecule has 1 atom stereocenters. The summed E-state index contributed by atoms with van der Waals surface area (Å²) in [5.74, 6) is -0.711. The van der Waals surface area contributed by atoms with Gasteiger partial charge in [-0.1, -0.05) is 42.5 Å². The van der Waals surface area contributed by atoms with Crippen molar-refractivity contribution in [2.45, 2.75) is 6.10 Å². The normalized spacial score (nSPS) is 14.8. The molecule has 28 heavy (non-hydrogen) atoms. The molecule has 3 rings (SSSR count). The zero-order valence-corrected chi connectivity index (χ0v) is 15.3. The van der Waals surface area contributed by atoms with Gasteiger partial charge in [-0.3, -0.25) is 9.59 Å². The Morgan fingerprint density at radius 2 is 1.71 bits per heavy atom. The SMILES string of the molecule is O=Cc1ccccc1OCC(=O)O[C@@H](C(=O)N1CCOCC1)c1ccccc1. The maximum Gasteiger partial charge on any atom is 0.345 e. The number of esters is 1. The molecule has 1 aliphatic heterocycles. The summed E-state index contributed by atoms with van der Waals surface area (Å²) in [7, 11) is 0. The smallest absolute Gasteiger partial charge is 0.345 e. The highest BCUT2D eigenvalue weighted by Crippen LogP contribution is 2.22. The number of ether oxygens (including phenoxy) is 3. The molecule has 1 saturated heterocycles. The molecule has 0 aromatic heterocycles. The lowest BCUT2D eigenvalue weighted by Crippen LogP contribution is -2.44. The first-order valence-corrected chi connectivity index (χ1v) is 8.97. The van der Waals surface area contributed by atoms with Crippen LogP contribution in [-0.2, 0) is 19.1 Å². The van der Waals surface area contributed by atoms with E-state index in [0.29, 0.717) is 43.7 Å². The van der Waals surface area contributed by atoms with Crippen molar-refractivity contribution in [2.75, 3.05) is 32.9 Å². The van der Waals surface area contributed by atoms with Gasteiger partial charge >= 0.3 is 5.97 Å². The first kappa shape index (κ1) is 19.6. The monoisotopic (exact) mass is 383 g/mol. The highest BCUT2D eigenvalue weighted by Gasteiger charge is 2.30. The lowest BCUT2D eigenvalue weighted by atomic mass is 10.1. The van der Waals surface area contributed by atoms with Crippen LogP contribution in [-0.4, -0.2) is 56.0 Å². The number of carbonyl (C=O) groups is 3. The number of rotatable bonds is 7. The molecule has 1 heterocycles. The molecule has 2 aromatic rings. The third kappa shape index (κ3) is 4.95. The third-order valence-corrected chi connectivity index (χ3v) is 4.29. The molecule has 0 N–H and O–H groups in total. The molecule has 2 aromatic carbocycles. The Bertz CT molecular complexity index is 817. The number of nitrogens with zero attached hydrogens (tertiary/aromatic N) is 1. The van der Waals surface area contributed by atoms with E-state index in [1.165, 1.54) is 0 Å². The Labute approximate surface area is 162 Å². The number of morpholine rings is 1. The van der Waals surface area contributed by atoms with Crippen LogP contribution < -0.4 is 4.74 Å². The number of benzene rings is 2. The Morgan fingerprint density at radius 3 is 2.43 bits per heavy atom. The molecular formula is C21H21NO6. The molecule has 1 amide bonds. The van der Waals surface area contributed by atoms with Gasteiger partial charge in [-0.05, 0) is 12.1 Å². The van der Waals surface area contributed by atoms with Crippen molar-refractivity contribution in [3.63, 3.8) is 0 Å². The van der Waals surface area contributed by atoms with Crippen LogP contribution in [0.2, 0.25) is 0 Å². The number of hydrogen-bond acceptors (Lipinski definition) is 6. The van der Waals surface area contributed by atoms with E-state index in [2.05, 4.69) is 0 Å². The van der Waals surface area contributed by atoms with E-state index in [9.17, 15) is 14.4 Å². The quantitative estimate of drug-likeness (QED) is 0.537. The highest BCUT2D eigenvalue weighted by molar-refractivity contribution is 5.85. The van der Waals surface area contributed by atoms with Crippen LogP contribution in [0, 0.1) is 0 Å². The van der Waals surface area contributed by atoms with Gasteiger partial charge in [0.15, 0.2) is 12.9 Å². The fourth-order valence-corrected chi connectivity index (χ4v) is 2.85. The summed E-state index contributed by atoms with van der Waals surface area (Å²) in [4.78, 5) is 37.9. The second kappa shape index (κ2) is 9.66. The van der Waals surface area contributed by atoms with Crippen LogP contribution in [0.1, 0.15) is 22.0 Å². The molecule has 146 valence electrons. The van der Waals surface area contributed by atoms with E-state index in [-0.39, 0.29) is 11.7 Å². The van der Waals surface area contributed by atoms with Crippen molar-refractivity contribution < 1.29 is 28.6 Å². The molecule has 0 radical (unpaired) electrons. The summed E-state index contributed by atoms with van der Waals surface area (Å²) in [5.41, 5.74) is 0.917. The predicted molar refractivity (Wildman–Crippen MR) is 100.0 cm³/mol. The fraction of sp³-hybridized carbons (Fsp3) is 0.286. The van der Waals surface area contributed by atoms with Crippen LogP contribution in [0.5, 0.6) is 5.75 Å². The Balaban J connectivity index is 1.69. The molecule has 0 spiro atoms. The lowest BCUT2D eigenvalue weighted by molar-refractivity contribution is -0.164. The van der Waals surface area contributed by atoms with E-state index >= 15 is 0 Å². The van der Waals surface area contributed by atoms with Crippen molar-refractivity contribution in [3.05, 3.63) is 65.7 Å². The van der Waals surface area contributed by atoms with Gasteiger partial charge < -0.3 is 19.1 Å². The van der Waals surface area contributed by atoms with Gasteiger partial charge in [0, 0.05) is 18.7 Å². The Kier molecular flexibility index (Phi) is 6.75. The molecular weight excluding hydrogens is 362 g/mol. The van der Waals surface area contributed by atoms with Crippen molar-refractivity contribution in [3.8, 4) is 5.75 Å². The zero-order valence-electron chi connectivity index (χ0n) is 15.3. The number of aldehydes is 1. The average Bonchev–Trinajstić information content (AvgIpc) is 2.77. The summed E-state index contributed by atoms with van der Waals surface area (Å²) < 4.78 is 16.1. The first-order valence-electron chi connectivity index (χ1n) is 8.97. The van der Waals surface area contributed by atoms with Crippen molar-refractivity contribution >= 4 is 18.2 Å². The predicted octanol–water partition coefficient (Wildman–Crippen LogP) is 2.02. The number of para-hydroxylation sites is 1. The highest BCUT2D eigenvalue weighted by atomic mass is 16.6. The summed E-state index contributed by atoms with van der Waals surface area (Å²) in [5, 5.41) is 0. The molecule has 1 aliphatic rings. The Hall–Kier alpha value is -3.19. The van der Waals surface area contributed by atoms with Gasteiger partial charge in [-0.25, -0.2) is 4.79 Å². The maximum absolute atomic E-state index is 12.9. The van der Waals surface area contributed by atoms with E-state index in [4.69, 9.17) is 14.2 Å². The van der Waals surface area contributed by atoms with Crippen LogP contribution in [0.15, 0.2) is 54.6 Å². The topological polar surface area (TPSA) is 82.1 Å². The summed E-state index contributed by atoms with van der Waals surface area (Å²) in [6, 6.07) is 15.4. The second-order valence-electron chi connectivity index (χ2n) is 6.16. The summed E-state index contributed by atoms with van der Waals surface area (Å²) >= 11 is 0. The van der Waals surface area contributed by atoms with Gasteiger partial charge in [0.25, 0.3) is 5.91 Å². The minimum atomic E-state index is -1.06. The fourth-order valence-electron chi connectivity index (χ4n) is 2.85. The van der Waals surface area contributed by atoms with Gasteiger partial charge in [0.05, 0.1) is 18.8 Å². The molecule has 0 bridgehead atoms. The summed E-state index contributed by atoms with van der Waals surface area (Å²) in [6.45, 7) is 1.38. The Morgan fingerprint density at radius 1 is 1.04 bits per heavy atom. The lowest BCUT2D eigenvalue weighted by Gasteiger charge is -2.30. The molecule has 1 fully saturated rings. The van der Waals surface area contributed by atoms with E-state index in [0.717, 1.165) is 0 Å². The zero-order chi connectivity index (χ0) is 19.8. The molecule has 0 saturated carbocycles. The van der Waals surface area contributed by atoms with E-state index in [1.807, 2.05) is 6.07 Å². The van der Waals surface area contributed by atoms with Gasteiger partial charge in [0.2, 0.25) is 6.10 Å². The minimum absolute atomic E-state index is 0.283.